The van der Waals surface area contributed by atoms with Gasteiger partial charge in [-0.3, -0.25) is 14.5 Å². The van der Waals surface area contributed by atoms with Crippen molar-refractivity contribution in [1.82, 2.24) is 20.1 Å². The molecule has 25 heavy (non-hydrogen) atoms. The van der Waals surface area contributed by atoms with Gasteiger partial charge >= 0.3 is 0 Å². The van der Waals surface area contributed by atoms with Gasteiger partial charge in [0.2, 0.25) is 5.91 Å². The number of amides is 1. The zero-order valence-corrected chi connectivity index (χ0v) is 14.9. The van der Waals surface area contributed by atoms with Crippen LogP contribution in [0.15, 0.2) is 66.0 Å². The van der Waals surface area contributed by atoms with E-state index < -0.39 is 0 Å². The third-order valence-electron chi connectivity index (χ3n) is 3.66. The fraction of sp³-hybridized carbons (Fsp3) is 0.211. The minimum atomic E-state index is 0.0553. The van der Waals surface area contributed by atoms with E-state index in [2.05, 4.69) is 27.5 Å². The first kappa shape index (κ1) is 17.2. The molecule has 0 bridgehead atoms. The van der Waals surface area contributed by atoms with Crippen molar-refractivity contribution >= 4 is 17.7 Å². The zero-order valence-electron chi connectivity index (χ0n) is 14.1. The number of pyridine rings is 1. The summed E-state index contributed by atoms with van der Waals surface area (Å²) in [6, 6.07) is 14.0. The van der Waals surface area contributed by atoms with Crippen LogP contribution >= 0.6 is 11.8 Å². The molecule has 3 aromatic rings. The van der Waals surface area contributed by atoms with Crippen molar-refractivity contribution in [3.63, 3.8) is 0 Å². The van der Waals surface area contributed by atoms with Crippen LogP contribution in [0.1, 0.15) is 12.0 Å². The Morgan fingerprint density at radius 2 is 2.00 bits per heavy atom. The van der Waals surface area contributed by atoms with E-state index >= 15 is 0 Å². The predicted octanol–water partition coefficient (Wildman–Crippen LogP) is 3.28. The smallest absolute Gasteiger partial charge is 0.221 e. The van der Waals surface area contributed by atoms with E-state index in [1.54, 1.807) is 28.8 Å². The maximum atomic E-state index is 11.9. The van der Waals surface area contributed by atoms with Crippen LogP contribution in [-0.4, -0.2) is 26.4 Å². The van der Waals surface area contributed by atoms with Gasteiger partial charge in [-0.25, -0.2) is 0 Å². The van der Waals surface area contributed by atoms with Crippen molar-refractivity contribution in [3.05, 3.63) is 66.6 Å². The van der Waals surface area contributed by atoms with Gasteiger partial charge in [0, 0.05) is 48.6 Å². The van der Waals surface area contributed by atoms with E-state index in [0.717, 1.165) is 22.6 Å². The largest absolute Gasteiger partial charge is 0.352 e. The number of hydrogen-bond acceptors (Lipinski definition) is 4. The van der Waals surface area contributed by atoms with Gasteiger partial charge in [0.05, 0.1) is 11.9 Å². The lowest BCUT2D eigenvalue weighted by Gasteiger charge is -2.06. The molecule has 0 atom stereocenters. The van der Waals surface area contributed by atoms with Crippen LogP contribution in [0, 0.1) is 0 Å². The molecule has 0 aliphatic carbocycles. The standard InChI is InChI=1S/C19H20N4OS/c1-23-14-16(13-22-23)18-8-7-15(11-20-18)12-21-19(24)9-10-25-17-5-3-2-4-6-17/h2-8,11,13-14H,9-10,12H2,1H3,(H,21,24). The molecule has 2 heterocycles. The van der Waals surface area contributed by atoms with Crippen molar-refractivity contribution in [1.29, 1.82) is 0 Å². The molecular weight excluding hydrogens is 332 g/mol. The highest BCUT2D eigenvalue weighted by Gasteiger charge is 2.04. The van der Waals surface area contributed by atoms with Crippen LogP contribution in [0.4, 0.5) is 0 Å². The molecule has 0 saturated carbocycles. The van der Waals surface area contributed by atoms with Gasteiger partial charge in [-0.1, -0.05) is 24.3 Å². The van der Waals surface area contributed by atoms with Crippen molar-refractivity contribution in [2.24, 2.45) is 7.05 Å². The maximum Gasteiger partial charge on any atom is 0.221 e. The summed E-state index contributed by atoms with van der Waals surface area (Å²) in [5.41, 5.74) is 2.84. The molecule has 2 aromatic heterocycles. The first-order chi connectivity index (χ1) is 12.2. The topological polar surface area (TPSA) is 59.8 Å². The van der Waals surface area contributed by atoms with Crippen LogP contribution in [0.5, 0.6) is 0 Å². The Bertz CT molecular complexity index is 815. The summed E-state index contributed by atoms with van der Waals surface area (Å²) >= 11 is 1.69. The molecule has 0 fully saturated rings. The average molecular weight is 352 g/mol. The molecule has 5 nitrogen and oxygen atoms in total. The minimum Gasteiger partial charge on any atom is -0.352 e. The van der Waals surface area contributed by atoms with Crippen molar-refractivity contribution in [2.75, 3.05) is 5.75 Å². The highest BCUT2D eigenvalue weighted by molar-refractivity contribution is 7.99. The Kier molecular flexibility index (Phi) is 5.85. The molecule has 0 spiro atoms. The van der Waals surface area contributed by atoms with Crippen LogP contribution < -0.4 is 5.32 Å². The van der Waals surface area contributed by atoms with Crippen molar-refractivity contribution in [3.8, 4) is 11.3 Å². The number of nitrogens with zero attached hydrogens (tertiary/aromatic N) is 3. The quantitative estimate of drug-likeness (QED) is 0.663. The minimum absolute atomic E-state index is 0.0553. The monoisotopic (exact) mass is 352 g/mol. The molecule has 128 valence electrons. The number of carbonyl (C=O) groups excluding carboxylic acids is 1. The second-order valence-corrected chi connectivity index (χ2v) is 6.81. The number of aromatic nitrogens is 3. The molecule has 1 aromatic carbocycles. The first-order valence-corrected chi connectivity index (χ1v) is 9.08. The highest BCUT2D eigenvalue weighted by atomic mass is 32.2. The van der Waals surface area contributed by atoms with Gasteiger partial charge in [0.15, 0.2) is 0 Å². The first-order valence-electron chi connectivity index (χ1n) is 8.09. The predicted molar refractivity (Wildman–Crippen MR) is 100 cm³/mol. The van der Waals surface area contributed by atoms with Crippen LogP contribution in [0.25, 0.3) is 11.3 Å². The third-order valence-corrected chi connectivity index (χ3v) is 4.67. The number of hydrogen-bond donors (Lipinski definition) is 1. The van der Waals surface area contributed by atoms with Crippen LogP contribution in [0.3, 0.4) is 0 Å². The van der Waals surface area contributed by atoms with E-state index in [4.69, 9.17) is 0 Å². The number of aryl methyl sites for hydroxylation is 1. The summed E-state index contributed by atoms with van der Waals surface area (Å²) in [7, 11) is 1.88. The van der Waals surface area contributed by atoms with E-state index in [0.29, 0.717) is 13.0 Å². The number of nitrogens with one attached hydrogen (secondary N) is 1. The van der Waals surface area contributed by atoms with Crippen LogP contribution in [0.2, 0.25) is 0 Å². The van der Waals surface area contributed by atoms with Gasteiger partial charge in [-0.05, 0) is 23.8 Å². The van der Waals surface area contributed by atoms with E-state index in [-0.39, 0.29) is 5.91 Å². The van der Waals surface area contributed by atoms with E-state index in [1.807, 2.05) is 43.6 Å². The molecule has 0 unspecified atom stereocenters. The fourth-order valence-electron chi connectivity index (χ4n) is 2.32. The second-order valence-electron chi connectivity index (χ2n) is 5.64. The number of benzene rings is 1. The van der Waals surface area contributed by atoms with Gasteiger partial charge in [0.1, 0.15) is 0 Å². The lowest BCUT2D eigenvalue weighted by Crippen LogP contribution is -2.23. The third kappa shape index (κ3) is 5.19. The number of rotatable bonds is 7. The Labute approximate surface area is 151 Å². The summed E-state index contributed by atoms with van der Waals surface area (Å²) in [5, 5.41) is 7.08. The normalized spacial score (nSPS) is 10.6. The van der Waals surface area contributed by atoms with Gasteiger partial charge in [0.25, 0.3) is 0 Å². The van der Waals surface area contributed by atoms with Crippen molar-refractivity contribution in [2.45, 2.75) is 17.9 Å². The van der Waals surface area contributed by atoms with Gasteiger partial charge < -0.3 is 5.32 Å². The van der Waals surface area contributed by atoms with Crippen LogP contribution in [-0.2, 0) is 18.4 Å². The summed E-state index contributed by atoms with van der Waals surface area (Å²) in [6.07, 6.45) is 6.00. The fourth-order valence-corrected chi connectivity index (χ4v) is 3.19. The summed E-state index contributed by atoms with van der Waals surface area (Å²) < 4.78 is 1.75. The Hall–Kier alpha value is -2.60. The van der Waals surface area contributed by atoms with Crippen molar-refractivity contribution < 1.29 is 4.79 Å². The average Bonchev–Trinajstić information content (AvgIpc) is 3.08. The van der Waals surface area contributed by atoms with E-state index in [9.17, 15) is 4.79 Å². The zero-order chi connectivity index (χ0) is 17.5. The number of carbonyl (C=O) groups is 1. The maximum absolute atomic E-state index is 11.9. The molecule has 1 N–H and O–H groups in total. The summed E-state index contributed by atoms with van der Waals surface area (Å²) in [4.78, 5) is 17.6. The molecule has 3 rings (SSSR count). The highest BCUT2D eigenvalue weighted by Crippen LogP contribution is 2.18. The molecule has 6 heteroatoms. The second kappa shape index (κ2) is 8.48. The van der Waals surface area contributed by atoms with E-state index in [1.165, 1.54) is 4.90 Å². The Morgan fingerprint density at radius 3 is 2.68 bits per heavy atom. The lowest BCUT2D eigenvalue weighted by atomic mass is 10.2. The van der Waals surface area contributed by atoms with Gasteiger partial charge in [-0.2, -0.15) is 5.10 Å². The molecule has 0 saturated heterocycles. The molecular formula is C19H20N4OS. The Morgan fingerprint density at radius 1 is 1.16 bits per heavy atom. The molecule has 0 radical (unpaired) electrons. The lowest BCUT2D eigenvalue weighted by molar-refractivity contribution is -0.120. The Balaban J connectivity index is 1.42. The SMILES string of the molecule is Cn1cc(-c2ccc(CNC(=O)CCSc3ccccc3)cn2)cn1. The molecule has 1 amide bonds. The summed E-state index contributed by atoms with van der Waals surface area (Å²) in [6.45, 7) is 0.495. The summed E-state index contributed by atoms with van der Waals surface area (Å²) in [5.74, 6) is 0.827. The van der Waals surface area contributed by atoms with Gasteiger partial charge in [-0.15, -0.1) is 11.8 Å². The molecule has 0 aliphatic rings. The molecule has 0 aliphatic heterocycles. The number of thioether (sulfide) groups is 1.